The number of hydrogen-bond donors (Lipinski definition) is 1. The highest BCUT2D eigenvalue weighted by Crippen LogP contribution is 2.13. The van der Waals surface area contributed by atoms with Crippen molar-refractivity contribution in [3.63, 3.8) is 0 Å². The van der Waals surface area contributed by atoms with Gasteiger partial charge in [-0.15, -0.1) is 0 Å². The van der Waals surface area contributed by atoms with E-state index in [0.29, 0.717) is 11.2 Å². The molecule has 0 bridgehead atoms. The van der Waals surface area contributed by atoms with Gasteiger partial charge < -0.3 is 5.84 Å². The number of pyridine rings is 1. The van der Waals surface area contributed by atoms with E-state index in [1.807, 2.05) is 0 Å². The fourth-order valence-corrected chi connectivity index (χ4v) is 1.35. The van der Waals surface area contributed by atoms with Crippen molar-refractivity contribution >= 4 is 11.0 Å². The molecule has 0 aliphatic heterocycles. The summed E-state index contributed by atoms with van der Waals surface area (Å²) in [4.78, 5) is 4.06. The Morgan fingerprint density at radius 1 is 1.36 bits per heavy atom. The van der Waals surface area contributed by atoms with Gasteiger partial charge in [-0.1, -0.05) is 0 Å². The van der Waals surface area contributed by atoms with Gasteiger partial charge in [0.15, 0.2) is 0 Å². The monoisotopic (exact) mass is 197 g/mol. The van der Waals surface area contributed by atoms with Gasteiger partial charge in [-0.25, -0.2) is 8.78 Å². The van der Waals surface area contributed by atoms with E-state index >= 15 is 0 Å². The molecule has 2 aromatic heterocycles. The number of fused-ring (bicyclic) bond motifs is 1. The summed E-state index contributed by atoms with van der Waals surface area (Å²) < 4.78 is 25.5. The van der Waals surface area contributed by atoms with E-state index in [-0.39, 0.29) is 6.42 Å². The lowest BCUT2D eigenvalue weighted by Crippen LogP contribution is -2.05. The van der Waals surface area contributed by atoms with Crippen LogP contribution in [0.4, 0.5) is 8.78 Å². The summed E-state index contributed by atoms with van der Waals surface area (Å²) in [5, 5.41) is 0. The van der Waals surface area contributed by atoms with Crippen molar-refractivity contribution in [1.29, 1.82) is 0 Å². The van der Waals surface area contributed by atoms with Crippen LogP contribution in [0, 0.1) is 0 Å². The van der Waals surface area contributed by atoms with Crippen LogP contribution in [0.2, 0.25) is 0 Å². The normalized spacial score (nSPS) is 11.4. The first kappa shape index (κ1) is 8.93. The number of nitrogens with two attached hydrogens (primary N) is 1. The maximum absolute atomic E-state index is 12.1. The smallest absolute Gasteiger partial charge is 0.244 e. The quantitative estimate of drug-likeness (QED) is 0.742. The summed E-state index contributed by atoms with van der Waals surface area (Å²) in [6, 6.07) is 4.96. The standard InChI is InChI=1S/C9H9F2N3/c10-9(11)5-6-1-2-8-7(13-6)3-4-14(8)12/h1-4,9H,5,12H2. The van der Waals surface area contributed by atoms with Crippen molar-refractivity contribution in [2.45, 2.75) is 12.8 Å². The first-order valence-electron chi connectivity index (χ1n) is 4.17. The molecule has 0 amide bonds. The molecule has 3 nitrogen and oxygen atoms in total. The zero-order valence-corrected chi connectivity index (χ0v) is 7.32. The van der Waals surface area contributed by atoms with Crippen LogP contribution in [0.1, 0.15) is 5.69 Å². The average molecular weight is 197 g/mol. The molecule has 14 heavy (non-hydrogen) atoms. The summed E-state index contributed by atoms with van der Waals surface area (Å²) in [5.74, 6) is 5.56. The van der Waals surface area contributed by atoms with Crippen molar-refractivity contribution < 1.29 is 8.78 Å². The van der Waals surface area contributed by atoms with Crippen LogP contribution in [-0.4, -0.2) is 16.1 Å². The van der Waals surface area contributed by atoms with Crippen LogP contribution in [-0.2, 0) is 6.42 Å². The fourth-order valence-electron chi connectivity index (χ4n) is 1.35. The maximum atomic E-state index is 12.1. The Balaban J connectivity index is 2.42. The zero-order valence-electron chi connectivity index (χ0n) is 7.32. The van der Waals surface area contributed by atoms with Crippen LogP contribution in [0.5, 0.6) is 0 Å². The van der Waals surface area contributed by atoms with Crippen molar-refractivity contribution in [1.82, 2.24) is 9.66 Å². The molecule has 0 aromatic carbocycles. The minimum absolute atomic E-state index is 0.314. The number of aromatic nitrogens is 2. The predicted molar refractivity (Wildman–Crippen MR) is 49.6 cm³/mol. The second kappa shape index (κ2) is 3.25. The van der Waals surface area contributed by atoms with Gasteiger partial charge in [0, 0.05) is 11.9 Å². The summed E-state index contributed by atoms with van der Waals surface area (Å²) >= 11 is 0. The predicted octanol–water partition coefficient (Wildman–Crippen LogP) is 1.56. The molecule has 5 heteroatoms. The van der Waals surface area contributed by atoms with Crippen LogP contribution in [0.25, 0.3) is 11.0 Å². The number of alkyl halides is 2. The Hall–Kier alpha value is -1.65. The van der Waals surface area contributed by atoms with Crippen molar-refractivity contribution in [3.8, 4) is 0 Å². The SMILES string of the molecule is Nn1ccc2nc(CC(F)F)ccc21. The molecule has 0 atom stereocenters. The van der Waals surface area contributed by atoms with E-state index in [2.05, 4.69) is 4.98 Å². The third-order valence-corrected chi connectivity index (χ3v) is 1.99. The molecular formula is C9H9F2N3. The Bertz CT molecular complexity index is 450. The number of nitrogens with zero attached hydrogens (tertiary/aromatic N) is 2. The molecule has 0 saturated heterocycles. The van der Waals surface area contributed by atoms with E-state index in [1.165, 1.54) is 4.68 Å². The Morgan fingerprint density at radius 2 is 2.14 bits per heavy atom. The lowest BCUT2D eigenvalue weighted by atomic mass is 10.2. The first-order chi connectivity index (χ1) is 6.66. The highest BCUT2D eigenvalue weighted by molar-refractivity contribution is 5.75. The minimum Gasteiger partial charge on any atom is -0.339 e. The molecular weight excluding hydrogens is 188 g/mol. The Morgan fingerprint density at radius 3 is 2.86 bits per heavy atom. The second-order valence-electron chi connectivity index (χ2n) is 3.03. The largest absolute Gasteiger partial charge is 0.339 e. The van der Waals surface area contributed by atoms with E-state index in [1.54, 1.807) is 24.4 Å². The van der Waals surface area contributed by atoms with Crippen LogP contribution in [0.15, 0.2) is 24.4 Å². The summed E-state index contributed by atoms with van der Waals surface area (Å²) in [5.41, 5.74) is 1.77. The molecule has 2 heterocycles. The van der Waals surface area contributed by atoms with E-state index in [4.69, 9.17) is 5.84 Å². The fraction of sp³-hybridized carbons (Fsp3) is 0.222. The lowest BCUT2D eigenvalue weighted by molar-refractivity contribution is 0.148. The molecule has 2 rings (SSSR count). The minimum atomic E-state index is -2.36. The lowest BCUT2D eigenvalue weighted by Gasteiger charge is -2.00. The van der Waals surface area contributed by atoms with E-state index < -0.39 is 6.43 Å². The molecule has 0 aliphatic rings. The van der Waals surface area contributed by atoms with E-state index in [9.17, 15) is 8.78 Å². The van der Waals surface area contributed by atoms with Crippen molar-refractivity contribution in [2.75, 3.05) is 5.84 Å². The first-order valence-corrected chi connectivity index (χ1v) is 4.17. The molecule has 0 radical (unpaired) electrons. The van der Waals surface area contributed by atoms with Crippen LogP contribution >= 0.6 is 0 Å². The van der Waals surface area contributed by atoms with Gasteiger partial charge in [-0.05, 0) is 18.2 Å². The summed E-state index contributed by atoms with van der Waals surface area (Å²) in [6.45, 7) is 0. The Labute approximate surface area is 79.1 Å². The molecule has 2 aromatic rings. The van der Waals surface area contributed by atoms with Gasteiger partial charge in [0.25, 0.3) is 0 Å². The van der Waals surface area contributed by atoms with Gasteiger partial charge in [0.2, 0.25) is 6.43 Å². The molecule has 0 aliphatic carbocycles. The molecule has 74 valence electrons. The number of halogens is 2. The third kappa shape index (κ3) is 1.53. The highest BCUT2D eigenvalue weighted by Gasteiger charge is 2.07. The highest BCUT2D eigenvalue weighted by atomic mass is 19.3. The maximum Gasteiger partial charge on any atom is 0.244 e. The zero-order chi connectivity index (χ0) is 10.1. The van der Waals surface area contributed by atoms with Crippen molar-refractivity contribution in [3.05, 3.63) is 30.1 Å². The van der Waals surface area contributed by atoms with Gasteiger partial charge in [-0.3, -0.25) is 9.66 Å². The topological polar surface area (TPSA) is 43.8 Å². The van der Waals surface area contributed by atoms with Gasteiger partial charge >= 0.3 is 0 Å². The molecule has 0 saturated carbocycles. The summed E-state index contributed by atoms with van der Waals surface area (Å²) in [6.07, 6.45) is -1.03. The average Bonchev–Trinajstić information content (AvgIpc) is 2.46. The van der Waals surface area contributed by atoms with Crippen LogP contribution in [0.3, 0.4) is 0 Å². The van der Waals surface area contributed by atoms with E-state index in [0.717, 1.165) is 5.52 Å². The van der Waals surface area contributed by atoms with Crippen LogP contribution < -0.4 is 5.84 Å². The third-order valence-electron chi connectivity index (χ3n) is 1.99. The van der Waals surface area contributed by atoms with Crippen molar-refractivity contribution in [2.24, 2.45) is 0 Å². The molecule has 0 spiro atoms. The van der Waals surface area contributed by atoms with Gasteiger partial charge in [0.05, 0.1) is 17.5 Å². The molecule has 0 fully saturated rings. The van der Waals surface area contributed by atoms with Gasteiger partial charge in [-0.2, -0.15) is 0 Å². The second-order valence-corrected chi connectivity index (χ2v) is 3.03. The number of nitrogen functional groups attached to an aromatic ring is 1. The Kier molecular flexibility index (Phi) is 2.07. The number of hydrogen-bond acceptors (Lipinski definition) is 2. The molecule has 2 N–H and O–H groups in total. The van der Waals surface area contributed by atoms with Gasteiger partial charge in [0.1, 0.15) is 0 Å². The number of rotatable bonds is 2. The molecule has 0 unspecified atom stereocenters. The summed E-state index contributed by atoms with van der Waals surface area (Å²) in [7, 11) is 0.